The third-order valence-electron chi connectivity index (χ3n) is 4.71. The molecule has 0 N–H and O–H groups in total. The lowest BCUT2D eigenvalue weighted by Gasteiger charge is -2.31. The van der Waals surface area contributed by atoms with Crippen molar-refractivity contribution in [3.8, 4) is 0 Å². The first-order chi connectivity index (χ1) is 12.0. The Kier molecular flexibility index (Phi) is 4.37. The summed E-state index contributed by atoms with van der Waals surface area (Å²) in [4.78, 5) is 25.7. The van der Waals surface area contributed by atoms with E-state index < -0.39 is 27.6 Å². The number of hydrogen-bond acceptors (Lipinski definition) is 4. The number of rotatable bonds is 2. The number of fused-ring (bicyclic) bond motifs is 1. The second-order valence-electron chi connectivity index (χ2n) is 7.48. The van der Waals surface area contributed by atoms with Crippen molar-refractivity contribution in [1.29, 1.82) is 0 Å². The standard InChI is InChI=1S/C20H21NO4S/c1-20(2,3)14-11-9-13(10-12-14)18(22)17-19(23)15-7-5-6-8-16(15)26(24,25)21(17)4/h5-12,17H,1-4H3. The molecule has 0 radical (unpaired) electrons. The molecule has 5 nitrogen and oxygen atoms in total. The van der Waals surface area contributed by atoms with Gasteiger partial charge in [0.2, 0.25) is 10.0 Å². The van der Waals surface area contributed by atoms with Crippen LogP contribution in [0.4, 0.5) is 0 Å². The molecule has 136 valence electrons. The van der Waals surface area contributed by atoms with E-state index in [0.717, 1.165) is 9.87 Å². The van der Waals surface area contributed by atoms with Gasteiger partial charge in [0.25, 0.3) is 0 Å². The molecular weight excluding hydrogens is 350 g/mol. The van der Waals surface area contributed by atoms with Gasteiger partial charge in [0, 0.05) is 18.2 Å². The van der Waals surface area contributed by atoms with Gasteiger partial charge < -0.3 is 0 Å². The van der Waals surface area contributed by atoms with E-state index in [1.165, 1.54) is 19.2 Å². The van der Waals surface area contributed by atoms with Gasteiger partial charge in [-0.3, -0.25) is 9.59 Å². The van der Waals surface area contributed by atoms with Crippen LogP contribution in [0.1, 0.15) is 47.1 Å². The molecule has 6 heteroatoms. The number of sulfonamides is 1. The molecule has 0 saturated heterocycles. The molecule has 1 aliphatic rings. The van der Waals surface area contributed by atoms with Crippen molar-refractivity contribution in [2.24, 2.45) is 0 Å². The zero-order valence-electron chi connectivity index (χ0n) is 15.2. The summed E-state index contributed by atoms with van der Waals surface area (Å²) in [6.45, 7) is 6.18. The SMILES string of the molecule is CN1C(C(=O)c2ccc(C(C)(C)C)cc2)C(=O)c2ccccc2S1(=O)=O. The smallest absolute Gasteiger partial charge is 0.244 e. The van der Waals surface area contributed by atoms with Gasteiger partial charge in [0.1, 0.15) is 0 Å². The molecule has 0 fully saturated rings. The highest BCUT2D eigenvalue weighted by Crippen LogP contribution is 2.30. The summed E-state index contributed by atoms with van der Waals surface area (Å²) >= 11 is 0. The van der Waals surface area contributed by atoms with E-state index in [9.17, 15) is 18.0 Å². The molecule has 1 heterocycles. The van der Waals surface area contributed by atoms with Crippen LogP contribution in [-0.4, -0.2) is 37.4 Å². The maximum Gasteiger partial charge on any atom is 0.244 e. The lowest BCUT2D eigenvalue weighted by molar-refractivity contribution is 0.0784. The zero-order chi connectivity index (χ0) is 19.3. The highest BCUT2D eigenvalue weighted by Gasteiger charge is 2.45. The number of likely N-dealkylation sites (N-methyl/N-ethyl adjacent to an activating group) is 1. The van der Waals surface area contributed by atoms with Gasteiger partial charge in [0.15, 0.2) is 17.6 Å². The van der Waals surface area contributed by atoms with Gasteiger partial charge in [0.05, 0.1) is 4.90 Å². The number of carbonyl (C=O) groups is 2. The van der Waals surface area contributed by atoms with Crippen molar-refractivity contribution < 1.29 is 18.0 Å². The van der Waals surface area contributed by atoms with E-state index in [1.54, 1.807) is 24.3 Å². The van der Waals surface area contributed by atoms with Gasteiger partial charge in [-0.25, -0.2) is 8.42 Å². The summed E-state index contributed by atoms with van der Waals surface area (Å²) in [5.74, 6) is -1.01. The maximum atomic E-state index is 13.0. The second-order valence-corrected chi connectivity index (χ2v) is 9.44. The molecule has 26 heavy (non-hydrogen) atoms. The Bertz CT molecular complexity index is 985. The molecule has 0 aromatic heterocycles. The summed E-state index contributed by atoms with van der Waals surface area (Å²) in [7, 11) is -2.62. The molecule has 3 rings (SSSR count). The van der Waals surface area contributed by atoms with E-state index >= 15 is 0 Å². The van der Waals surface area contributed by atoms with Crippen LogP contribution in [0.2, 0.25) is 0 Å². The summed E-state index contributed by atoms with van der Waals surface area (Å²) < 4.78 is 26.3. The third-order valence-corrected chi connectivity index (χ3v) is 6.59. The van der Waals surface area contributed by atoms with E-state index in [-0.39, 0.29) is 15.9 Å². The van der Waals surface area contributed by atoms with Crippen LogP contribution in [-0.2, 0) is 15.4 Å². The monoisotopic (exact) mass is 371 g/mol. The van der Waals surface area contributed by atoms with Crippen molar-refractivity contribution in [1.82, 2.24) is 4.31 Å². The fraction of sp³-hybridized carbons (Fsp3) is 0.300. The highest BCUT2D eigenvalue weighted by atomic mass is 32.2. The van der Waals surface area contributed by atoms with Crippen molar-refractivity contribution in [2.45, 2.75) is 37.1 Å². The average Bonchev–Trinajstić information content (AvgIpc) is 2.60. The number of hydrogen-bond donors (Lipinski definition) is 0. The van der Waals surface area contributed by atoms with Gasteiger partial charge in [-0.2, -0.15) is 4.31 Å². The zero-order valence-corrected chi connectivity index (χ0v) is 16.0. The van der Waals surface area contributed by atoms with Crippen LogP contribution in [0.5, 0.6) is 0 Å². The quantitative estimate of drug-likeness (QED) is 0.601. The Labute approximate surface area is 153 Å². The Morgan fingerprint density at radius 1 is 1.00 bits per heavy atom. The number of ketones is 2. The minimum atomic E-state index is -3.90. The average molecular weight is 371 g/mol. The second kappa shape index (κ2) is 6.14. The normalized spacial score (nSPS) is 19.8. The summed E-state index contributed by atoms with van der Waals surface area (Å²) in [6.07, 6.45) is 0. The minimum absolute atomic E-state index is 0.0559. The molecule has 1 aliphatic heterocycles. The lowest BCUT2D eigenvalue weighted by atomic mass is 9.86. The largest absolute Gasteiger partial charge is 0.292 e. The Balaban J connectivity index is 2.04. The highest BCUT2D eigenvalue weighted by molar-refractivity contribution is 7.89. The van der Waals surface area contributed by atoms with Crippen LogP contribution in [0.3, 0.4) is 0 Å². The molecule has 0 saturated carbocycles. The van der Waals surface area contributed by atoms with E-state index in [1.807, 2.05) is 12.1 Å². The van der Waals surface area contributed by atoms with Gasteiger partial charge >= 0.3 is 0 Å². The molecule has 0 bridgehead atoms. The van der Waals surface area contributed by atoms with Crippen molar-refractivity contribution in [3.63, 3.8) is 0 Å². The number of carbonyl (C=O) groups excluding carboxylic acids is 2. The van der Waals surface area contributed by atoms with Crippen LogP contribution in [0.15, 0.2) is 53.4 Å². The number of nitrogens with zero attached hydrogens (tertiary/aromatic N) is 1. The van der Waals surface area contributed by atoms with Crippen LogP contribution >= 0.6 is 0 Å². The van der Waals surface area contributed by atoms with E-state index in [4.69, 9.17) is 0 Å². The Morgan fingerprint density at radius 2 is 1.58 bits per heavy atom. The summed E-state index contributed by atoms with van der Waals surface area (Å²) in [5, 5.41) is 0. The van der Waals surface area contributed by atoms with Gasteiger partial charge in [-0.15, -0.1) is 0 Å². The first kappa shape index (κ1) is 18.5. The number of benzene rings is 2. The molecule has 2 aromatic carbocycles. The van der Waals surface area contributed by atoms with Crippen LogP contribution in [0, 0.1) is 0 Å². The Hall–Kier alpha value is -2.31. The predicted octanol–water partition coefficient (Wildman–Crippen LogP) is 3.05. The predicted molar refractivity (Wildman–Crippen MR) is 99.0 cm³/mol. The molecule has 0 aliphatic carbocycles. The number of Topliss-reactive ketones (excluding diaryl/α,β-unsaturated/α-hetero) is 2. The molecule has 0 amide bonds. The van der Waals surface area contributed by atoms with Gasteiger partial charge in [-0.1, -0.05) is 57.2 Å². The molecule has 2 aromatic rings. The van der Waals surface area contributed by atoms with Crippen molar-refractivity contribution in [2.75, 3.05) is 7.05 Å². The van der Waals surface area contributed by atoms with E-state index in [2.05, 4.69) is 20.8 Å². The Morgan fingerprint density at radius 3 is 2.15 bits per heavy atom. The topological polar surface area (TPSA) is 71.5 Å². The maximum absolute atomic E-state index is 13.0. The van der Waals surface area contributed by atoms with Crippen LogP contribution in [0.25, 0.3) is 0 Å². The molecular formula is C20H21NO4S. The van der Waals surface area contributed by atoms with Crippen molar-refractivity contribution in [3.05, 3.63) is 65.2 Å². The molecule has 1 atom stereocenters. The van der Waals surface area contributed by atoms with Crippen molar-refractivity contribution >= 4 is 21.6 Å². The molecule has 0 spiro atoms. The summed E-state index contributed by atoms with van der Waals surface area (Å²) in [6, 6.07) is 11.6. The first-order valence-electron chi connectivity index (χ1n) is 8.31. The fourth-order valence-corrected chi connectivity index (χ4v) is 4.55. The minimum Gasteiger partial charge on any atom is -0.292 e. The van der Waals surface area contributed by atoms with Crippen LogP contribution < -0.4 is 0 Å². The molecule has 1 unspecified atom stereocenters. The fourth-order valence-electron chi connectivity index (χ4n) is 3.08. The summed E-state index contributed by atoms with van der Waals surface area (Å²) in [5.41, 5.74) is 1.37. The van der Waals surface area contributed by atoms with Gasteiger partial charge in [-0.05, 0) is 23.1 Å². The third kappa shape index (κ3) is 2.89. The van der Waals surface area contributed by atoms with E-state index in [0.29, 0.717) is 5.56 Å². The lowest BCUT2D eigenvalue weighted by Crippen LogP contribution is -2.51. The first-order valence-corrected chi connectivity index (χ1v) is 9.75.